The number of benzene rings is 2. The SMILES string of the molecule is N#Cc1cccc(NC(=O)COC(=O)CNS(=O)(=O)c2ccc(Cl)c(Cl)c2)c1. The molecule has 0 aliphatic heterocycles. The summed E-state index contributed by atoms with van der Waals surface area (Å²) in [6.07, 6.45) is 0. The zero-order valence-electron chi connectivity index (χ0n) is 14.1. The van der Waals surface area contributed by atoms with Crippen LogP contribution in [0.2, 0.25) is 10.0 Å². The predicted molar refractivity (Wildman–Crippen MR) is 102 cm³/mol. The van der Waals surface area contributed by atoms with E-state index in [1.165, 1.54) is 18.2 Å². The quantitative estimate of drug-likeness (QED) is 0.634. The lowest BCUT2D eigenvalue weighted by Crippen LogP contribution is -2.32. The van der Waals surface area contributed by atoms with Crippen LogP contribution < -0.4 is 10.0 Å². The van der Waals surface area contributed by atoms with Gasteiger partial charge in [-0.15, -0.1) is 0 Å². The van der Waals surface area contributed by atoms with Crippen LogP contribution >= 0.6 is 23.2 Å². The molecule has 2 N–H and O–H groups in total. The maximum atomic E-state index is 12.1. The number of ether oxygens (including phenoxy) is 1. The summed E-state index contributed by atoms with van der Waals surface area (Å²) in [6.45, 7) is -1.30. The number of nitrogens with zero attached hydrogens (tertiary/aromatic N) is 1. The lowest BCUT2D eigenvalue weighted by Gasteiger charge is -2.09. The molecule has 0 fully saturated rings. The van der Waals surface area contributed by atoms with Gasteiger partial charge in [-0.3, -0.25) is 9.59 Å². The van der Waals surface area contributed by atoms with Crippen molar-refractivity contribution in [2.24, 2.45) is 0 Å². The Labute approximate surface area is 171 Å². The van der Waals surface area contributed by atoms with Crippen molar-refractivity contribution in [3.05, 3.63) is 58.1 Å². The number of nitriles is 1. The van der Waals surface area contributed by atoms with Gasteiger partial charge in [-0.25, -0.2) is 8.42 Å². The lowest BCUT2D eigenvalue weighted by atomic mass is 10.2. The van der Waals surface area contributed by atoms with Crippen molar-refractivity contribution in [3.8, 4) is 6.07 Å². The second kappa shape index (κ2) is 9.52. The first kappa shape index (κ1) is 21.7. The number of hydrogen-bond acceptors (Lipinski definition) is 6. The van der Waals surface area contributed by atoms with Crippen molar-refractivity contribution in [3.63, 3.8) is 0 Å². The van der Waals surface area contributed by atoms with Gasteiger partial charge in [0, 0.05) is 5.69 Å². The number of sulfonamides is 1. The third-order valence-electron chi connectivity index (χ3n) is 3.25. The molecule has 0 heterocycles. The Bertz CT molecular complexity index is 1050. The first-order chi connectivity index (χ1) is 13.2. The molecule has 2 aromatic carbocycles. The molecule has 0 spiro atoms. The fourth-order valence-electron chi connectivity index (χ4n) is 1.94. The van der Waals surface area contributed by atoms with Crippen molar-refractivity contribution >= 4 is 50.8 Å². The summed E-state index contributed by atoms with van der Waals surface area (Å²) in [4.78, 5) is 23.3. The smallest absolute Gasteiger partial charge is 0.321 e. The molecule has 0 radical (unpaired) electrons. The van der Waals surface area contributed by atoms with E-state index in [1.54, 1.807) is 18.2 Å². The molecule has 146 valence electrons. The molecule has 0 atom stereocenters. The van der Waals surface area contributed by atoms with Crippen molar-refractivity contribution in [2.75, 3.05) is 18.5 Å². The number of hydrogen-bond donors (Lipinski definition) is 2. The van der Waals surface area contributed by atoms with Gasteiger partial charge in [0.1, 0.15) is 6.54 Å². The summed E-state index contributed by atoms with van der Waals surface area (Å²) in [5.74, 6) is -1.60. The molecule has 0 saturated heterocycles. The number of carbonyl (C=O) groups is 2. The summed E-state index contributed by atoms with van der Waals surface area (Å²) in [5.41, 5.74) is 0.715. The van der Waals surface area contributed by atoms with Gasteiger partial charge in [0.15, 0.2) is 6.61 Å². The summed E-state index contributed by atoms with van der Waals surface area (Å²) in [7, 11) is -4.01. The van der Waals surface area contributed by atoms with Gasteiger partial charge in [0.25, 0.3) is 5.91 Å². The van der Waals surface area contributed by atoms with Gasteiger partial charge in [-0.1, -0.05) is 29.3 Å². The van der Waals surface area contributed by atoms with E-state index in [9.17, 15) is 18.0 Å². The first-order valence-electron chi connectivity index (χ1n) is 7.61. The van der Waals surface area contributed by atoms with E-state index in [2.05, 4.69) is 5.32 Å². The van der Waals surface area contributed by atoms with Crippen molar-refractivity contribution in [1.82, 2.24) is 4.72 Å². The molecular formula is C17H13Cl2N3O5S. The second-order valence-corrected chi connectivity index (χ2v) is 7.88. The van der Waals surface area contributed by atoms with E-state index in [1.807, 2.05) is 10.8 Å². The highest BCUT2D eigenvalue weighted by Crippen LogP contribution is 2.24. The zero-order valence-corrected chi connectivity index (χ0v) is 16.4. The van der Waals surface area contributed by atoms with Crippen LogP contribution in [0.1, 0.15) is 5.56 Å². The molecular weight excluding hydrogens is 429 g/mol. The first-order valence-corrected chi connectivity index (χ1v) is 9.85. The van der Waals surface area contributed by atoms with Crippen LogP contribution in [0.25, 0.3) is 0 Å². The molecule has 0 aliphatic rings. The number of rotatable bonds is 7. The summed E-state index contributed by atoms with van der Waals surface area (Å²) in [5, 5.41) is 11.5. The number of amides is 1. The Kier molecular flexibility index (Phi) is 7.37. The Morgan fingerprint density at radius 1 is 1.11 bits per heavy atom. The third-order valence-corrected chi connectivity index (χ3v) is 5.39. The maximum absolute atomic E-state index is 12.1. The van der Waals surface area contributed by atoms with Crippen molar-refractivity contribution < 1.29 is 22.7 Å². The highest BCUT2D eigenvalue weighted by molar-refractivity contribution is 7.89. The minimum absolute atomic E-state index is 0.0456. The van der Waals surface area contributed by atoms with Crippen LogP contribution in [-0.4, -0.2) is 33.4 Å². The Morgan fingerprint density at radius 2 is 1.86 bits per heavy atom. The topological polar surface area (TPSA) is 125 Å². The summed E-state index contributed by atoms with van der Waals surface area (Å²) >= 11 is 11.5. The maximum Gasteiger partial charge on any atom is 0.321 e. The summed E-state index contributed by atoms with van der Waals surface area (Å²) < 4.78 is 31.0. The molecule has 2 rings (SSSR count). The van der Waals surface area contributed by atoms with Gasteiger partial charge in [0.05, 0.1) is 26.6 Å². The highest BCUT2D eigenvalue weighted by atomic mass is 35.5. The molecule has 2 aromatic rings. The number of anilines is 1. The van der Waals surface area contributed by atoms with Gasteiger partial charge >= 0.3 is 5.97 Å². The minimum Gasteiger partial charge on any atom is -0.455 e. The minimum atomic E-state index is -4.01. The second-order valence-electron chi connectivity index (χ2n) is 5.30. The van der Waals surface area contributed by atoms with Gasteiger partial charge in [0.2, 0.25) is 10.0 Å². The molecule has 8 nitrogen and oxygen atoms in total. The van der Waals surface area contributed by atoms with Crippen molar-refractivity contribution in [2.45, 2.75) is 4.90 Å². The van der Waals surface area contributed by atoms with Crippen LogP contribution in [-0.2, 0) is 24.3 Å². The number of nitrogens with one attached hydrogen (secondary N) is 2. The number of halogens is 2. The van der Waals surface area contributed by atoms with Gasteiger partial charge in [-0.2, -0.15) is 9.98 Å². The van der Waals surface area contributed by atoms with E-state index < -0.39 is 35.1 Å². The molecule has 0 unspecified atom stereocenters. The molecule has 11 heteroatoms. The third kappa shape index (κ3) is 6.21. The normalized spacial score (nSPS) is 10.8. The van der Waals surface area contributed by atoms with E-state index >= 15 is 0 Å². The average molecular weight is 442 g/mol. The predicted octanol–water partition coefficient (Wildman–Crippen LogP) is 2.33. The van der Waals surface area contributed by atoms with E-state index in [-0.39, 0.29) is 14.9 Å². The fourth-order valence-corrected chi connectivity index (χ4v) is 3.30. The highest BCUT2D eigenvalue weighted by Gasteiger charge is 2.18. The zero-order chi connectivity index (χ0) is 20.7. The largest absolute Gasteiger partial charge is 0.455 e. The van der Waals surface area contributed by atoms with Gasteiger partial charge < -0.3 is 10.1 Å². The lowest BCUT2D eigenvalue weighted by molar-refractivity contribution is -0.146. The standard InChI is InChI=1S/C17H13Cl2N3O5S/c18-14-5-4-13(7-15(14)19)28(25,26)21-9-17(24)27-10-16(23)22-12-3-1-2-11(6-12)8-20/h1-7,21H,9-10H2,(H,22,23). The monoisotopic (exact) mass is 441 g/mol. The Balaban J connectivity index is 1.84. The molecule has 0 saturated carbocycles. The van der Waals surface area contributed by atoms with Crippen molar-refractivity contribution in [1.29, 1.82) is 5.26 Å². The average Bonchev–Trinajstić information content (AvgIpc) is 2.67. The Morgan fingerprint density at radius 3 is 2.54 bits per heavy atom. The van der Waals surface area contributed by atoms with E-state index in [0.29, 0.717) is 11.3 Å². The molecule has 1 amide bonds. The van der Waals surface area contributed by atoms with Crippen LogP contribution in [0.4, 0.5) is 5.69 Å². The van der Waals surface area contributed by atoms with Gasteiger partial charge in [-0.05, 0) is 36.4 Å². The number of carbonyl (C=O) groups excluding carboxylic acids is 2. The van der Waals surface area contributed by atoms with E-state index in [4.69, 9.17) is 33.2 Å². The molecule has 28 heavy (non-hydrogen) atoms. The van der Waals surface area contributed by atoms with Crippen LogP contribution in [0.15, 0.2) is 47.4 Å². The Hall–Kier alpha value is -2.64. The van der Waals surface area contributed by atoms with Crippen LogP contribution in [0.5, 0.6) is 0 Å². The molecule has 0 aromatic heterocycles. The molecule has 0 bridgehead atoms. The van der Waals surface area contributed by atoms with Crippen LogP contribution in [0, 0.1) is 11.3 Å². The number of esters is 1. The van der Waals surface area contributed by atoms with E-state index in [0.717, 1.165) is 6.07 Å². The summed E-state index contributed by atoms with van der Waals surface area (Å²) in [6, 6.07) is 11.8. The van der Waals surface area contributed by atoms with Crippen LogP contribution in [0.3, 0.4) is 0 Å². The fraction of sp³-hybridized carbons (Fsp3) is 0.118. The molecule has 0 aliphatic carbocycles.